The lowest BCUT2D eigenvalue weighted by Gasteiger charge is -2.49. The highest BCUT2D eigenvalue weighted by Gasteiger charge is 2.62. The molecule has 2 aromatic carbocycles. The van der Waals surface area contributed by atoms with Gasteiger partial charge in [-0.2, -0.15) is 0 Å². The smallest absolute Gasteiger partial charge is 0.103 e. The average molecular weight is 509 g/mol. The Labute approximate surface area is 227 Å². The molecule has 0 bridgehead atoms. The molecule has 0 aromatic heterocycles. The van der Waals surface area contributed by atoms with Crippen molar-refractivity contribution in [3.63, 3.8) is 0 Å². The topological polar surface area (TPSA) is 0 Å². The van der Waals surface area contributed by atoms with Gasteiger partial charge in [0, 0.05) is 0 Å². The fourth-order valence-electron chi connectivity index (χ4n) is 10.6. The van der Waals surface area contributed by atoms with E-state index in [-0.39, 0.29) is 0 Å². The monoisotopic (exact) mass is 508 g/mol. The van der Waals surface area contributed by atoms with Gasteiger partial charge in [-0.05, 0) is 85.1 Å². The minimum absolute atomic E-state index is 0.847. The Bertz CT molecular complexity index is 955. The van der Waals surface area contributed by atoms with Crippen LogP contribution < -0.4 is 10.4 Å². The van der Waals surface area contributed by atoms with Crippen molar-refractivity contribution in [3.8, 4) is 0 Å². The molecule has 0 radical (unpaired) electrons. The van der Waals surface area contributed by atoms with E-state index in [1.807, 2.05) is 0 Å². The molecule has 1 heteroatoms. The van der Waals surface area contributed by atoms with Crippen molar-refractivity contribution >= 4 is 18.4 Å². The third kappa shape index (κ3) is 4.34. The van der Waals surface area contributed by atoms with E-state index in [1.54, 1.807) is 10.4 Å². The summed E-state index contributed by atoms with van der Waals surface area (Å²) in [6, 6.07) is 24.3. The number of hydrogen-bond donors (Lipinski definition) is 0. The van der Waals surface area contributed by atoms with Crippen molar-refractivity contribution in [2.45, 2.75) is 88.1 Å². The molecule has 0 aliphatic heterocycles. The Hall–Kier alpha value is -1.86. The lowest BCUT2D eigenvalue weighted by molar-refractivity contribution is 0.223. The van der Waals surface area contributed by atoms with Crippen molar-refractivity contribution in [2.75, 3.05) is 0 Å². The quantitative estimate of drug-likeness (QED) is 0.247. The van der Waals surface area contributed by atoms with Crippen LogP contribution in [0, 0.1) is 35.5 Å². The summed E-state index contributed by atoms with van der Waals surface area (Å²) in [6.45, 7) is 8.46. The zero-order valence-corrected chi connectivity index (χ0v) is 23.9. The highest BCUT2D eigenvalue weighted by Crippen LogP contribution is 2.64. The van der Waals surface area contributed by atoms with Gasteiger partial charge in [-0.3, -0.25) is 0 Å². The zero-order valence-electron chi connectivity index (χ0n) is 22.9. The maximum Gasteiger partial charge on any atom is 0.124 e. The van der Waals surface area contributed by atoms with Gasteiger partial charge in [-0.25, -0.2) is 0 Å². The van der Waals surface area contributed by atoms with E-state index in [0.29, 0.717) is 0 Å². The predicted octanol–water partition coefficient (Wildman–Crippen LogP) is 8.79. The Morgan fingerprint density at radius 2 is 0.946 bits per heavy atom. The predicted molar refractivity (Wildman–Crippen MR) is 162 cm³/mol. The SMILES string of the molecule is C=CCC1CC([Si](c2ccccc2)(c2ccccc2)C2CC(CC=C)C3CCCCC32)C2CCCCC12. The molecule has 0 amide bonds. The molecule has 0 nitrogen and oxygen atoms in total. The van der Waals surface area contributed by atoms with Crippen LogP contribution in [0.4, 0.5) is 0 Å². The maximum absolute atomic E-state index is 4.23. The molecule has 4 saturated carbocycles. The van der Waals surface area contributed by atoms with Gasteiger partial charge in [0.1, 0.15) is 8.07 Å². The first-order chi connectivity index (χ1) is 18.3. The van der Waals surface area contributed by atoms with Crippen LogP contribution in [0.3, 0.4) is 0 Å². The Kier molecular flexibility index (Phi) is 7.62. The summed E-state index contributed by atoms with van der Waals surface area (Å²) in [4.78, 5) is 0. The summed E-state index contributed by atoms with van der Waals surface area (Å²) in [6.07, 6.45) is 21.5. The molecule has 196 valence electrons. The lowest BCUT2D eigenvalue weighted by atomic mass is 9.77. The van der Waals surface area contributed by atoms with E-state index in [4.69, 9.17) is 0 Å². The van der Waals surface area contributed by atoms with Crippen LogP contribution in [0.1, 0.15) is 77.0 Å². The molecule has 8 atom stereocenters. The van der Waals surface area contributed by atoms with Crippen LogP contribution >= 0.6 is 0 Å². The Balaban J connectivity index is 1.57. The first kappa shape index (κ1) is 25.4. The molecule has 4 aliphatic rings. The number of allylic oxidation sites excluding steroid dienone is 2. The van der Waals surface area contributed by atoms with Crippen molar-refractivity contribution in [2.24, 2.45) is 35.5 Å². The first-order valence-electron chi connectivity index (χ1n) is 15.6. The summed E-state index contributed by atoms with van der Waals surface area (Å²) in [5, 5.41) is 3.51. The summed E-state index contributed by atoms with van der Waals surface area (Å²) >= 11 is 0. The molecule has 8 unspecified atom stereocenters. The largest absolute Gasteiger partial charge is 0.124 e. The molecule has 0 spiro atoms. The molecule has 0 N–H and O–H groups in total. The molecule has 4 fully saturated rings. The maximum atomic E-state index is 4.23. The zero-order chi connectivity index (χ0) is 25.2. The van der Waals surface area contributed by atoms with E-state index in [0.717, 1.165) is 46.6 Å². The standard InChI is InChI=1S/C36H48Si/c1-3-15-27-25-35(33-23-13-11-21-31(27)33)37(29-17-7-5-8-18-29,30-19-9-6-10-20-30)36-26-28(16-4-2)32-22-12-14-24-34(32)36/h3-10,17-20,27-28,31-36H,1-2,11-16,21-26H2. The number of rotatable bonds is 8. The van der Waals surface area contributed by atoms with E-state index >= 15 is 0 Å². The van der Waals surface area contributed by atoms with Gasteiger partial charge in [0.05, 0.1) is 0 Å². The molecule has 37 heavy (non-hydrogen) atoms. The second-order valence-corrected chi connectivity index (χ2v) is 17.5. The van der Waals surface area contributed by atoms with Gasteiger partial charge < -0.3 is 0 Å². The molecule has 2 aromatic rings. The minimum Gasteiger partial charge on any atom is -0.103 e. The van der Waals surface area contributed by atoms with Gasteiger partial charge in [0.2, 0.25) is 0 Å². The van der Waals surface area contributed by atoms with Crippen LogP contribution in [0.15, 0.2) is 86.0 Å². The Morgan fingerprint density at radius 1 is 0.568 bits per heavy atom. The summed E-state index contributed by atoms with van der Waals surface area (Å²) in [7, 11) is -2.11. The van der Waals surface area contributed by atoms with Gasteiger partial charge in [-0.1, -0.05) is 122 Å². The number of hydrogen-bond acceptors (Lipinski definition) is 0. The van der Waals surface area contributed by atoms with E-state index < -0.39 is 8.07 Å². The fourth-order valence-corrected chi connectivity index (χ4v) is 18.3. The second kappa shape index (κ2) is 11.1. The van der Waals surface area contributed by atoms with Gasteiger partial charge in [0.15, 0.2) is 0 Å². The van der Waals surface area contributed by atoms with E-state index in [9.17, 15) is 0 Å². The molecule has 0 heterocycles. The van der Waals surface area contributed by atoms with Crippen molar-refractivity contribution in [3.05, 3.63) is 86.0 Å². The van der Waals surface area contributed by atoms with Crippen LogP contribution in [0.5, 0.6) is 0 Å². The van der Waals surface area contributed by atoms with Crippen molar-refractivity contribution in [1.29, 1.82) is 0 Å². The normalized spacial score (nSPS) is 35.5. The number of fused-ring (bicyclic) bond motifs is 2. The lowest BCUT2D eigenvalue weighted by Crippen LogP contribution is -2.66. The summed E-state index contributed by atoms with van der Waals surface area (Å²) in [5.41, 5.74) is 1.73. The van der Waals surface area contributed by atoms with Crippen molar-refractivity contribution in [1.82, 2.24) is 0 Å². The fraction of sp³-hybridized carbons (Fsp3) is 0.556. The highest BCUT2D eigenvalue weighted by molar-refractivity contribution is 7.04. The van der Waals surface area contributed by atoms with E-state index in [1.165, 1.54) is 77.0 Å². The van der Waals surface area contributed by atoms with E-state index in [2.05, 4.69) is 86.0 Å². The molecular formula is C36H48Si. The molecule has 6 rings (SSSR count). The van der Waals surface area contributed by atoms with Crippen molar-refractivity contribution < 1.29 is 0 Å². The molecule has 4 aliphatic carbocycles. The second-order valence-electron chi connectivity index (χ2n) is 13.1. The Morgan fingerprint density at radius 3 is 1.32 bits per heavy atom. The van der Waals surface area contributed by atoms with Crippen LogP contribution in [0.2, 0.25) is 11.1 Å². The summed E-state index contributed by atoms with van der Waals surface area (Å²) in [5.74, 6) is 5.35. The third-order valence-corrected chi connectivity index (χ3v) is 18.0. The number of benzene rings is 2. The third-order valence-electron chi connectivity index (χ3n) is 11.7. The van der Waals surface area contributed by atoms with Gasteiger partial charge in [0.25, 0.3) is 0 Å². The van der Waals surface area contributed by atoms with Gasteiger partial charge >= 0.3 is 0 Å². The minimum atomic E-state index is -2.11. The van der Waals surface area contributed by atoms with Gasteiger partial charge in [-0.15, -0.1) is 13.2 Å². The molecular weight excluding hydrogens is 460 g/mol. The average Bonchev–Trinajstić information content (AvgIpc) is 3.51. The van der Waals surface area contributed by atoms with Crippen LogP contribution in [0.25, 0.3) is 0 Å². The highest BCUT2D eigenvalue weighted by atomic mass is 28.3. The van der Waals surface area contributed by atoms with Crippen LogP contribution in [-0.4, -0.2) is 8.07 Å². The van der Waals surface area contributed by atoms with Crippen LogP contribution in [-0.2, 0) is 0 Å². The summed E-state index contributed by atoms with van der Waals surface area (Å²) < 4.78 is 0. The molecule has 0 saturated heterocycles. The first-order valence-corrected chi connectivity index (χ1v) is 17.8.